The zero-order chi connectivity index (χ0) is 10.1. The predicted octanol–water partition coefficient (Wildman–Crippen LogP) is 1.31. The monoisotopic (exact) mass is 190 g/mol. The molecule has 0 aliphatic heterocycles. The van der Waals surface area contributed by atoms with Crippen LogP contribution in [-0.2, 0) is 0 Å². The van der Waals surface area contributed by atoms with E-state index in [0.717, 1.165) is 0 Å². The van der Waals surface area contributed by atoms with Crippen molar-refractivity contribution in [1.29, 1.82) is 0 Å². The first-order valence-corrected chi connectivity index (χ1v) is 3.93. The largest absolute Gasteiger partial charge is 0.507 e. The smallest absolute Gasteiger partial charge is 0.346 e. The van der Waals surface area contributed by atoms with Crippen molar-refractivity contribution in [2.45, 2.75) is 0 Å². The van der Waals surface area contributed by atoms with Gasteiger partial charge in [-0.05, 0) is 18.2 Å². The topological polar surface area (TPSA) is 67.5 Å². The Labute approximate surface area is 78.4 Å². The van der Waals surface area contributed by atoms with Gasteiger partial charge in [-0.25, -0.2) is 4.79 Å². The Kier molecular flexibility index (Phi) is 1.81. The van der Waals surface area contributed by atoms with Crippen molar-refractivity contribution in [2.24, 2.45) is 0 Å². The minimum atomic E-state index is -0.696. The van der Waals surface area contributed by atoms with E-state index in [0.29, 0.717) is 11.7 Å². The van der Waals surface area contributed by atoms with E-state index in [-0.39, 0.29) is 16.9 Å². The predicted molar refractivity (Wildman–Crippen MR) is 49.5 cm³/mol. The molecule has 2 rings (SSSR count). The highest BCUT2D eigenvalue weighted by molar-refractivity contribution is 5.88. The lowest BCUT2D eigenvalue weighted by molar-refractivity contribution is 0.112. The summed E-state index contributed by atoms with van der Waals surface area (Å²) in [5, 5.41) is 9.76. The Hall–Kier alpha value is -2.10. The van der Waals surface area contributed by atoms with Gasteiger partial charge in [0.25, 0.3) is 0 Å². The van der Waals surface area contributed by atoms with E-state index in [1.54, 1.807) is 12.1 Å². The van der Waals surface area contributed by atoms with Gasteiger partial charge in [0.1, 0.15) is 16.9 Å². The molecule has 0 amide bonds. The summed E-state index contributed by atoms with van der Waals surface area (Å²) < 4.78 is 4.82. The summed E-state index contributed by atoms with van der Waals surface area (Å²) in [5.41, 5.74) is -0.530. The van der Waals surface area contributed by atoms with Gasteiger partial charge in [-0.2, -0.15) is 0 Å². The van der Waals surface area contributed by atoms with Crippen LogP contribution in [0.5, 0.6) is 5.75 Å². The molecular formula is C10H6O4. The minimum Gasteiger partial charge on any atom is -0.507 e. The average molecular weight is 190 g/mol. The first-order valence-electron chi connectivity index (χ1n) is 3.93. The molecule has 14 heavy (non-hydrogen) atoms. The van der Waals surface area contributed by atoms with Crippen LogP contribution in [0.15, 0.2) is 33.5 Å². The van der Waals surface area contributed by atoms with Crippen LogP contribution in [0.3, 0.4) is 0 Å². The molecule has 4 heteroatoms. The third-order valence-corrected chi connectivity index (χ3v) is 1.91. The van der Waals surface area contributed by atoms with Gasteiger partial charge in [0.05, 0.1) is 5.39 Å². The van der Waals surface area contributed by atoms with Crippen LogP contribution in [0.2, 0.25) is 0 Å². The number of aromatic hydroxyl groups is 1. The maximum Gasteiger partial charge on any atom is 0.346 e. The highest BCUT2D eigenvalue weighted by Gasteiger charge is 2.06. The third kappa shape index (κ3) is 1.17. The second kappa shape index (κ2) is 2.99. The van der Waals surface area contributed by atoms with Gasteiger partial charge in [0, 0.05) is 0 Å². The maximum atomic E-state index is 11.1. The van der Waals surface area contributed by atoms with E-state index in [9.17, 15) is 14.7 Å². The summed E-state index contributed by atoms with van der Waals surface area (Å²) in [6, 6.07) is 5.87. The molecule has 0 spiro atoms. The average Bonchev–Trinajstić information content (AvgIpc) is 2.17. The first-order chi connectivity index (χ1) is 6.72. The zero-order valence-electron chi connectivity index (χ0n) is 7.06. The number of carbonyl (C=O) groups excluding carboxylic acids is 1. The number of hydrogen-bond donors (Lipinski definition) is 1. The number of fused-ring (bicyclic) bond motifs is 1. The highest BCUT2D eigenvalue weighted by Crippen LogP contribution is 2.22. The molecule has 0 atom stereocenters. The molecule has 0 saturated carbocycles. The minimum absolute atomic E-state index is 0.0191. The van der Waals surface area contributed by atoms with E-state index in [4.69, 9.17) is 4.42 Å². The van der Waals surface area contributed by atoms with Gasteiger partial charge in [0.15, 0.2) is 6.29 Å². The summed E-state index contributed by atoms with van der Waals surface area (Å²) in [7, 11) is 0. The molecule has 1 aromatic heterocycles. The molecule has 0 aliphatic carbocycles. The lowest BCUT2D eigenvalue weighted by Gasteiger charge is -1.98. The van der Waals surface area contributed by atoms with Crippen molar-refractivity contribution < 1.29 is 14.3 Å². The number of phenols is 1. The number of carbonyl (C=O) groups is 1. The summed E-state index contributed by atoms with van der Waals surface area (Å²) >= 11 is 0. The Morgan fingerprint density at radius 2 is 2.14 bits per heavy atom. The zero-order valence-corrected chi connectivity index (χ0v) is 7.06. The maximum absolute atomic E-state index is 11.1. The second-order valence-electron chi connectivity index (χ2n) is 2.80. The number of aldehydes is 1. The van der Waals surface area contributed by atoms with E-state index >= 15 is 0 Å². The molecule has 70 valence electrons. The lowest BCUT2D eigenvalue weighted by atomic mass is 10.2. The number of phenolic OH excluding ortho intramolecular Hbond substituents is 1. The number of benzene rings is 1. The van der Waals surface area contributed by atoms with Crippen molar-refractivity contribution in [2.75, 3.05) is 0 Å². The van der Waals surface area contributed by atoms with Crippen LogP contribution >= 0.6 is 0 Å². The van der Waals surface area contributed by atoms with Gasteiger partial charge >= 0.3 is 5.63 Å². The fourth-order valence-electron chi connectivity index (χ4n) is 1.22. The Bertz CT molecular complexity index is 554. The molecule has 1 N–H and O–H groups in total. The molecule has 1 aromatic carbocycles. The van der Waals surface area contributed by atoms with Gasteiger partial charge in [-0.15, -0.1) is 0 Å². The molecule has 4 nitrogen and oxygen atoms in total. The van der Waals surface area contributed by atoms with Crippen LogP contribution in [0.25, 0.3) is 11.0 Å². The van der Waals surface area contributed by atoms with Crippen molar-refractivity contribution >= 4 is 17.3 Å². The number of rotatable bonds is 1. The first kappa shape index (κ1) is 8.50. The van der Waals surface area contributed by atoms with Gasteiger partial charge in [-0.3, -0.25) is 4.79 Å². The van der Waals surface area contributed by atoms with Crippen molar-refractivity contribution in [3.05, 3.63) is 40.2 Å². The van der Waals surface area contributed by atoms with Crippen molar-refractivity contribution in [3.8, 4) is 5.75 Å². The van der Waals surface area contributed by atoms with Crippen LogP contribution < -0.4 is 5.63 Å². The van der Waals surface area contributed by atoms with E-state index in [2.05, 4.69) is 0 Å². The fourth-order valence-corrected chi connectivity index (χ4v) is 1.22. The normalized spacial score (nSPS) is 10.3. The van der Waals surface area contributed by atoms with Gasteiger partial charge < -0.3 is 9.52 Å². The molecule has 2 aromatic rings. The Morgan fingerprint density at radius 3 is 2.86 bits per heavy atom. The van der Waals surface area contributed by atoms with Crippen LogP contribution in [0.4, 0.5) is 0 Å². The quantitative estimate of drug-likeness (QED) is 0.543. The van der Waals surface area contributed by atoms with Gasteiger partial charge in [0.2, 0.25) is 0 Å². The van der Waals surface area contributed by atoms with Crippen molar-refractivity contribution in [3.63, 3.8) is 0 Å². The molecular weight excluding hydrogens is 184 g/mol. The molecule has 1 heterocycles. The summed E-state index contributed by atoms with van der Waals surface area (Å²) in [5.74, 6) is -0.0191. The molecule has 0 bridgehead atoms. The standard InChI is InChI=1S/C10H6O4/c11-5-6-4-7-8(12)2-1-3-9(7)14-10(6)13/h1-5,12H. The summed E-state index contributed by atoms with van der Waals surface area (Å²) in [6.07, 6.45) is 0.401. The van der Waals surface area contributed by atoms with Crippen molar-refractivity contribution in [1.82, 2.24) is 0 Å². The molecule has 0 fully saturated rings. The van der Waals surface area contributed by atoms with Crippen LogP contribution in [-0.4, -0.2) is 11.4 Å². The SMILES string of the molecule is O=Cc1cc2c(O)cccc2oc1=O. The molecule has 0 unspecified atom stereocenters. The molecule has 0 radical (unpaired) electrons. The number of hydrogen-bond acceptors (Lipinski definition) is 4. The van der Waals surface area contributed by atoms with Gasteiger partial charge in [-0.1, -0.05) is 6.07 Å². The third-order valence-electron chi connectivity index (χ3n) is 1.91. The molecule has 0 saturated heterocycles. The van der Waals surface area contributed by atoms with Crippen LogP contribution in [0, 0.1) is 0 Å². The molecule has 0 aliphatic rings. The lowest BCUT2D eigenvalue weighted by Crippen LogP contribution is -2.05. The van der Waals surface area contributed by atoms with E-state index in [1.807, 2.05) is 0 Å². The highest BCUT2D eigenvalue weighted by atomic mass is 16.4. The fraction of sp³-hybridized carbons (Fsp3) is 0. The van der Waals surface area contributed by atoms with Crippen LogP contribution in [0.1, 0.15) is 10.4 Å². The summed E-state index contributed by atoms with van der Waals surface area (Å²) in [4.78, 5) is 21.5. The Balaban J connectivity index is 2.94. The Morgan fingerprint density at radius 1 is 1.36 bits per heavy atom. The second-order valence-corrected chi connectivity index (χ2v) is 2.80. The van der Waals surface area contributed by atoms with E-state index < -0.39 is 5.63 Å². The summed E-state index contributed by atoms with van der Waals surface area (Å²) in [6.45, 7) is 0. The van der Waals surface area contributed by atoms with E-state index in [1.165, 1.54) is 12.1 Å².